The van der Waals surface area contributed by atoms with E-state index in [4.69, 9.17) is 4.74 Å². The van der Waals surface area contributed by atoms with Crippen molar-refractivity contribution >= 4 is 12.0 Å². The highest BCUT2D eigenvalue weighted by Gasteiger charge is 2.19. The van der Waals surface area contributed by atoms with Crippen molar-refractivity contribution in [2.45, 2.75) is 53.1 Å². The second-order valence-electron chi connectivity index (χ2n) is 8.01. The summed E-state index contributed by atoms with van der Waals surface area (Å²) in [6.07, 6.45) is 1.22. The van der Waals surface area contributed by atoms with Gasteiger partial charge in [-0.2, -0.15) is 0 Å². The smallest absolute Gasteiger partial charge is 0.407 e. The van der Waals surface area contributed by atoms with Gasteiger partial charge < -0.3 is 10.1 Å². The molecular weight excluding hydrogens is 337 g/mol. The van der Waals surface area contributed by atoms with Crippen LogP contribution in [0, 0.1) is 11.2 Å². The second kappa shape index (κ2) is 9.52. The number of nitrogens with one attached hydrogen (secondary N) is 3. The lowest BCUT2D eigenvalue weighted by Crippen LogP contribution is -2.43. The number of benzene rings is 1. The van der Waals surface area contributed by atoms with E-state index in [1.807, 2.05) is 20.8 Å². The molecular formula is C19H30FN3O3. The summed E-state index contributed by atoms with van der Waals surface area (Å²) in [5, 5.41) is 2.73. The van der Waals surface area contributed by atoms with Crippen molar-refractivity contribution in [3.63, 3.8) is 0 Å². The molecule has 0 aromatic heterocycles. The summed E-state index contributed by atoms with van der Waals surface area (Å²) in [6, 6.07) is 5.35. The monoisotopic (exact) mass is 367 g/mol. The number of hydrazine groups is 1. The summed E-state index contributed by atoms with van der Waals surface area (Å²) in [5.74, 6) is -0.692. The zero-order chi connectivity index (χ0) is 19.8. The molecule has 0 bridgehead atoms. The molecule has 6 nitrogen and oxygen atoms in total. The van der Waals surface area contributed by atoms with Crippen LogP contribution >= 0.6 is 0 Å². The summed E-state index contributed by atoms with van der Waals surface area (Å²) >= 11 is 0. The van der Waals surface area contributed by atoms with Crippen molar-refractivity contribution in [1.29, 1.82) is 0 Å². The third-order valence-electron chi connectivity index (χ3n) is 3.57. The highest BCUT2D eigenvalue weighted by atomic mass is 19.1. The maximum atomic E-state index is 12.9. The first-order chi connectivity index (χ1) is 12.0. The minimum absolute atomic E-state index is 0.0777. The van der Waals surface area contributed by atoms with Crippen LogP contribution in [-0.4, -0.2) is 30.7 Å². The third kappa shape index (κ3) is 9.36. The number of rotatable bonds is 8. The van der Waals surface area contributed by atoms with E-state index in [-0.39, 0.29) is 17.1 Å². The first kappa shape index (κ1) is 21.9. The maximum absolute atomic E-state index is 12.9. The summed E-state index contributed by atoms with van der Waals surface area (Å²) in [7, 11) is 0. The van der Waals surface area contributed by atoms with Gasteiger partial charge in [0.25, 0.3) is 5.91 Å². The molecule has 7 heteroatoms. The minimum atomic E-state index is -0.504. The third-order valence-corrected chi connectivity index (χ3v) is 3.57. The van der Waals surface area contributed by atoms with Gasteiger partial charge in [-0.1, -0.05) is 13.8 Å². The lowest BCUT2D eigenvalue weighted by Gasteiger charge is -2.25. The van der Waals surface area contributed by atoms with Crippen LogP contribution in [0.25, 0.3) is 0 Å². The SMILES string of the molecule is CC(C)(CCCNC(=O)OC(C)(C)C)CNNC(=O)c1ccc(F)cc1. The summed E-state index contributed by atoms with van der Waals surface area (Å²) in [5.41, 5.74) is 5.33. The Morgan fingerprint density at radius 2 is 1.69 bits per heavy atom. The Hall–Kier alpha value is -2.15. The van der Waals surface area contributed by atoms with Crippen molar-refractivity contribution in [1.82, 2.24) is 16.2 Å². The van der Waals surface area contributed by atoms with Crippen molar-refractivity contribution in [3.8, 4) is 0 Å². The van der Waals surface area contributed by atoms with Gasteiger partial charge in [0, 0.05) is 18.7 Å². The van der Waals surface area contributed by atoms with Gasteiger partial charge in [0.15, 0.2) is 0 Å². The van der Waals surface area contributed by atoms with Crippen molar-refractivity contribution in [2.75, 3.05) is 13.1 Å². The Kier molecular flexibility index (Phi) is 8.02. The van der Waals surface area contributed by atoms with Crippen LogP contribution in [0.4, 0.5) is 9.18 Å². The van der Waals surface area contributed by atoms with E-state index >= 15 is 0 Å². The minimum Gasteiger partial charge on any atom is -0.444 e. The molecule has 3 N–H and O–H groups in total. The molecule has 0 heterocycles. The van der Waals surface area contributed by atoms with E-state index in [0.717, 1.165) is 12.8 Å². The van der Waals surface area contributed by atoms with Crippen LogP contribution in [0.2, 0.25) is 0 Å². The lowest BCUT2D eigenvalue weighted by atomic mass is 9.88. The fourth-order valence-corrected chi connectivity index (χ4v) is 2.20. The van der Waals surface area contributed by atoms with Gasteiger partial charge in [0.1, 0.15) is 11.4 Å². The van der Waals surface area contributed by atoms with Crippen molar-refractivity contribution in [3.05, 3.63) is 35.6 Å². The number of carbonyl (C=O) groups is 2. The number of alkyl carbamates (subject to hydrolysis) is 1. The Labute approximate surface area is 154 Å². The van der Waals surface area contributed by atoms with Crippen molar-refractivity contribution in [2.24, 2.45) is 5.41 Å². The molecule has 146 valence electrons. The molecule has 0 saturated heterocycles. The van der Waals surface area contributed by atoms with Crippen LogP contribution in [0.5, 0.6) is 0 Å². The molecule has 1 aromatic carbocycles. The summed E-state index contributed by atoms with van der Waals surface area (Å²) in [4.78, 5) is 23.5. The molecule has 1 aromatic rings. The fourth-order valence-electron chi connectivity index (χ4n) is 2.20. The molecule has 0 unspecified atom stereocenters. The number of halogens is 1. The maximum Gasteiger partial charge on any atom is 0.407 e. The number of hydrogen-bond donors (Lipinski definition) is 3. The fraction of sp³-hybridized carbons (Fsp3) is 0.579. The van der Waals surface area contributed by atoms with Gasteiger partial charge in [-0.3, -0.25) is 10.2 Å². The summed E-state index contributed by atoms with van der Waals surface area (Å²) in [6.45, 7) is 10.7. The topological polar surface area (TPSA) is 79.5 Å². The van der Waals surface area contributed by atoms with E-state index in [1.165, 1.54) is 24.3 Å². The van der Waals surface area contributed by atoms with Gasteiger partial charge >= 0.3 is 6.09 Å². The van der Waals surface area contributed by atoms with E-state index in [9.17, 15) is 14.0 Å². The zero-order valence-electron chi connectivity index (χ0n) is 16.2. The molecule has 0 saturated carbocycles. The van der Waals surface area contributed by atoms with Gasteiger partial charge in [0.05, 0.1) is 0 Å². The van der Waals surface area contributed by atoms with Crippen LogP contribution in [0.3, 0.4) is 0 Å². The van der Waals surface area contributed by atoms with E-state index < -0.39 is 11.7 Å². The number of hydrogen-bond acceptors (Lipinski definition) is 4. The molecule has 0 fully saturated rings. The van der Waals surface area contributed by atoms with Gasteiger partial charge in [-0.05, 0) is 63.3 Å². The largest absolute Gasteiger partial charge is 0.444 e. The molecule has 0 spiro atoms. The van der Waals surface area contributed by atoms with Crippen LogP contribution in [0.15, 0.2) is 24.3 Å². The Morgan fingerprint density at radius 1 is 1.08 bits per heavy atom. The predicted molar refractivity (Wildman–Crippen MR) is 99.1 cm³/mol. The van der Waals surface area contributed by atoms with Crippen LogP contribution in [-0.2, 0) is 4.74 Å². The zero-order valence-corrected chi connectivity index (χ0v) is 16.2. The van der Waals surface area contributed by atoms with E-state index in [2.05, 4.69) is 30.0 Å². The number of carbonyl (C=O) groups excluding carboxylic acids is 2. The van der Waals surface area contributed by atoms with Crippen LogP contribution in [0.1, 0.15) is 57.8 Å². The van der Waals surface area contributed by atoms with Crippen LogP contribution < -0.4 is 16.2 Å². The van der Waals surface area contributed by atoms with E-state index in [0.29, 0.717) is 18.7 Å². The lowest BCUT2D eigenvalue weighted by molar-refractivity contribution is 0.0524. The Balaban J connectivity index is 2.24. The predicted octanol–water partition coefficient (Wildman–Crippen LogP) is 3.39. The Morgan fingerprint density at radius 3 is 2.27 bits per heavy atom. The quantitative estimate of drug-likeness (QED) is 0.486. The van der Waals surface area contributed by atoms with Gasteiger partial charge in [-0.15, -0.1) is 0 Å². The average molecular weight is 367 g/mol. The number of amides is 2. The van der Waals surface area contributed by atoms with Gasteiger partial charge in [-0.25, -0.2) is 14.6 Å². The molecule has 2 amide bonds. The summed E-state index contributed by atoms with van der Waals surface area (Å²) < 4.78 is 18.0. The molecule has 0 radical (unpaired) electrons. The highest BCUT2D eigenvalue weighted by Crippen LogP contribution is 2.20. The average Bonchev–Trinajstić information content (AvgIpc) is 2.50. The standard InChI is InChI=1S/C19H30FN3O3/c1-18(2,3)26-17(25)21-12-6-11-19(4,5)13-22-23-16(24)14-7-9-15(20)10-8-14/h7-10,22H,6,11-13H2,1-5H3,(H,21,25)(H,23,24). The molecule has 0 aliphatic heterocycles. The first-order valence-corrected chi connectivity index (χ1v) is 8.74. The number of ether oxygens (including phenoxy) is 1. The van der Waals surface area contributed by atoms with E-state index in [1.54, 1.807) is 0 Å². The normalized spacial score (nSPS) is 11.8. The molecule has 1 rings (SSSR count). The Bertz CT molecular complexity index is 595. The highest BCUT2D eigenvalue weighted by molar-refractivity contribution is 5.93. The first-order valence-electron chi connectivity index (χ1n) is 8.74. The molecule has 0 atom stereocenters. The molecule has 0 aliphatic carbocycles. The van der Waals surface area contributed by atoms with Gasteiger partial charge in [0.2, 0.25) is 0 Å². The second-order valence-corrected chi connectivity index (χ2v) is 8.01. The van der Waals surface area contributed by atoms with Crippen molar-refractivity contribution < 1.29 is 18.7 Å². The molecule has 0 aliphatic rings. The molecule has 26 heavy (non-hydrogen) atoms.